The maximum Gasteiger partial charge on any atom is 0.124 e. The lowest BCUT2D eigenvalue weighted by Gasteiger charge is -2.09. The zero-order valence-corrected chi connectivity index (χ0v) is 17.5. The lowest BCUT2D eigenvalue weighted by molar-refractivity contribution is -0.107. The second-order valence-electron chi connectivity index (χ2n) is 7.74. The number of carbonyl (C=O) groups is 1. The third-order valence-electron chi connectivity index (χ3n) is 5.24. The van der Waals surface area contributed by atoms with Crippen molar-refractivity contribution in [3.8, 4) is 5.75 Å². The molecule has 2 N–H and O–H groups in total. The Hall–Kier alpha value is -1.51. The van der Waals surface area contributed by atoms with Crippen molar-refractivity contribution < 1.29 is 9.90 Å². The molecule has 3 heteroatoms. The Balaban J connectivity index is 1.89. The van der Waals surface area contributed by atoms with E-state index in [-0.39, 0.29) is 12.2 Å². The van der Waals surface area contributed by atoms with Crippen molar-refractivity contribution in [3.63, 3.8) is 0 Å². The van der Waals surface area contributed by atoms with E-state index in [9.17, 15) is 9.90 Å². The number of aldehydes is 1. The van der Waals surface area contributed by atoms with Crippen LogP contribution < -0.4 is 5.32 Å². The predicted molar refractivity (Wildman–Crippen MR) is 117 cm³/mol. The molecule has 1 rings (SSSR count). The lowest BCUT2D eigenvalue weighted by Crippen LogP contribution is -2.02. The molecular formula is C24H41NO2. The van der Waals surface area contributed by atoms with Crippen LogP contribution in [0.3, 0.4) is 0 Å². The number of hydrogen-bond donors (Lipinski definition) is 2. The van der Waals surface area contributed by atoms with Gasteiger partial charge in [-0.3, -0.25) is 0 Å². The summed E-state index contributed by atoms with van der Waals surface area (Å²) < 4.78 is 0. The van der Waals surface area contributed by atoms with Gasteiger partial charge in [-0.05, 0) is 24.6 Å². The molecule has 0 aliphatic heterocycles. The Morgan fingerprint density at radius 2 is 1.33 bits per heavy atom. The second-order valence-corrected chi connectivity index (χ2v) is 7.74. The van der Waals surface area contributed by atoms with Gasteiger partial charge in [-0.2, -0.15) is 0 Å². The van der Waals surface area contributed by atoms with Gasteiger partial charge in [-0.1, -0.05) is 90.4 Å². The van der Waals surface area contributed by atoms with Crippen molar-refractivity contribution in [2.45, 2.75) is 103 Å². The fraction of sp³-hybridized carbons (Fsp3) is 0.708. The Kier molecular flexibility index (Phi) is 14.5. The van der Waals surface area contributed by atoms with E-state index in [0.29, 0.717) is 5.56 Å². The smallest absolute Gasteiger partial charge is 0.124 e. The Bertz CT molecular complexity index is 487. The summed E-state index contributed by atoms with van der Waals surface area (Å²) >= 11 is 0. The molecule has 0 aliphatic rings. The van der Waals surface area contributed by atoms with E-state index in [1.807, 2.05) is 12.1 Å². The van der Waals surface area contributed by atoms with Crippen LogP contribution in [0.2, 0.25) is 0 Å². The van der Waals surface area contributed by atoms with E-state index >= 15 is 0 Å². The molecule has 0 atom stereocenters. The van der Waals surface area contributed by atoms with Crippen molar-refractivity contribution in [1.82, 2.24) is 0 Å². The molecule has 0 saturated carbocycles. The average Bonchev–Trinajstić information content (AvgIpc) is 2.67. The molecule has 0 aliphatic carbocycles. The molecule has 1 aromatic carbocycles. The van der Waals surface area contributed by atoms with Crippen LogP contribution in [0.25, 0.3) is 0 Å². The van der Waals surface area contributed by atoms with Gasteiger partial charge in [-0.25, -0.2) is 0 Å². The molecular weight excluding hydrogens is 334 g/mol. The molecule has 0 bridgehead atoms. The highest BCUT2D eigenvalue weighted by Crippen LogP contribution is 2.21. The average molecular weight is 376 g/mol. The number of carbonyl (C=O) groups excluding carboxylic acids is 1. The van der Waals surface area contributed by atoms with E-state index in [2.05, 4.69) is 12.2 Å². The van der Waals surface area contributed by atoms with Crippen LogP contribution in [0.4, 0.5) is 5.69 Å². The molecule has 1 aromatic rings. The van der Waals surface area contributed by atoms with Crippen LogP contribution >= 0.6 is 0 Å². The Morgan fingerprint density at radius 1 is 0.815 bits per heavy atom. The fourth-order valence-electron chi connectivity index (χ4n) is 3.50. The van der Waals surface area contributed by atoms with Crippen molar-refractivity contribution in [1.29, 1.82) is 0 Å². The van der Waals surface area contributed by atoms with Crippen LogP contribution in [-0.4, -0.2) is 17.9 Å². The quantitative estimate of drug-likeness (QED) is 0.164. The van der Waals surface area contributed by atoms with Gasteiger partial charge in [-0.15, -0.1) is 0 Å². The molecule has 27 heavy (non-hydrogen) atoms. The molecule has 0 unspecified atom stereocenters. The number of benzene rings is 1. The highest BCUT2D eigenvalue weighted by molar-refractivity contribution is 5.60. The van der Waals surface area contributed by atoms with Gasteiger partial charge in [0.15, 0.2) is 0 Å². The number of unbranched alkanes of at least 4 members (excludes halogenated alkanes) is 13. The molecule has 0 heterocycles. The Morgan fingerprint density at radius 3 is 1.85 bits per heavy atom. The first-order valence-corrected chi connectivity index (χ1v) is 11.3. The van der Waals surface area contributed by atoms with Gasteiger partial charge in [0.25, 0.3) is 0 Å². The predicted octanol–water partition coefficient (Wildman–Crippen LogP) is 7.03. The maximum absolute atomic E-state index is 10.6. The number of hydrogen-bond acceptors (Lipinski definition) is 3. The summed E-state index contributed by atoms with van der Waals surface area (Å²) in [5.41, 5.74) is 1.68. The molecule has 0 amide bonds. The molecule has 0 spiro atoms. The Labute approximate surface area is 167 Å². The SMILES string of the molecule is CCCCCCCCCCCCCCCCNc1ccc(O)c(CC=O)c1. The highest BCUT2D eigenvalue weighted by Gasteiger charge is 2.02. The first kappa shape index (κ1) is 23.5. The van der Waals surface area contributed by atoms with Crippen molar-refractivity contribution in [2.24, 2.45) is 0 Å². The van der Waals surface area contributed by atoms with E-state index in [0.717, 1.165) is 18.5 Å². The molecule has 154 valence electrons. The maximum atomic E-state index is 10.6. The first-order valence-electron chi connectivity index (χ1n) is 11.3. The number of phenolic OH excluding ortho intramolecular Hbond substituents is 1. The van der Waals surface area contributed by atoms with E-state index in [1.165, 1.54) is 89.9 Å². The number of aromatic hydroxyl groups is 1. The summed E-state index contributed by atoms with van der Waals surface area (Å²) in [6.07, 6.45) is 20.3. The summed E-state index contributed by atoms with van der Waals surface area (Å²) in [7, 11) is 0. The molecule has 0 radical (unpaired) electrons. The normalized spacial score (nSPS) is 10.9. The molecule has 3 nitrogen and oxygen atoms in total. The summed E-state index contributed by atoms with van der Waals surface area (Å²) in [6, 6.07) is 5.40. The third-order valence-corrected chi connectivity index (χ3v) is 5.24. The summed E-state index contributed by atoms with van der Waals surface area (Å²) in [6.45, 7) is 3.22. The van der Waals surface area contributed by atoms with Gasteiger partial charge in [0.1, 0.15) is 12.0 Å². The summed E-state index contributed by atoms with van der Waals surface area (Å²) in [5.74, 6) is 0.198. The first-order chi connectivity index (χ1) is 13.3. The topological polar surface area (TPSA) is 49.3 Å². The monoisotopic (exact) mass is 375 g/mol. The van der Waals surface area contributed by atoms with Crippen molar-refractivity contribution >= 4 is 12.0 Å². The van der Waals surface area contributed by atoms with Crippen LogP contribution in [0.15, 0.2) is 18.2 Å². The van der Waals surface area contributed by atoms with Gasteiger partial charge < -0.3 is 15.2 Å². The minimum atomic E-state index is 0.198. The summed E-state index contributed by atoms with van der Waals surface area (Å²) in [5, 5.41) is 13.1. The number of phenols is 1. The van der Waals surface area contributed by atoms with Crippen LogP contribution in [0.5, 0.6) is 5.75 Å². The van der Waals surface area contributed by atoms with Crippen molar-refractivity contribution in [2.75, 3.05) is 11.9 Å². The van der Waals surface area contributed by atoms with Crippen LogP contribution in [-0.2, 0) is 11.2 Å². The van der Waals surface area contributed by atoms with Crippen molar-refractivity contribution in [3.05, 3.63) is 23.8 Å². The highest BCUT2D eigenvalue weighted by atomic mass is 16.3. The van der Waals surface area contributed by atoms with E-state index < -0.39 is 0 Å². The molecule has 0 fully saturated rings. The second kappa shape index (κ2) is 16.6. The lowest BCUT2D eigenvalue weighted by atomic mass is 10.0. The zero-order valence-electron chi connectivity index (χ0n) is 17.5. The summed E-state index contributed by atoms with van der Waals surface area (Å²) in [4.78, 5) is 10.6. The van der Waals surface area contributed by atoms with E-state index in [1.54, 1.807) is 6.07 Å². The van der Waals surface area contributed by atoms with Crippen LogP contribution in [0, 0.1) is 0 Å². The van der Waals surface area contributed by atoms with Gasteiger partial charge >= 0.3 is 0 Å². The van der Waals surface area contributed by atoms with Gasteiger partial charge in [0, 0.05) is 24.2 Å². The number of rotatable bonds is 18. The molecule has 0 saturated heterocycles. The minimum absolute atomic E-state index is 0.198. The standard InChI is InChI=1S/C24H41NO2/c1-2-3-4-5-6-7-8-9-10-11-12-13-14-15-19-25-23-16-17-24(27)22(21-23)18-20-26/h16-17,20-21,25,27H,2-15,18-19H2,1H3. The minimum Gasteiger partial charge on any atom is -0.508 e. The third kappa shape index (κ3) is 12.5. The molecule has 0 aromatic heterocycles. The van der Waals surface area contributed by atoms with Gasteiger partial charge in [0.2, 0.25) is 0 Å². The number of anilines is 1. The van der Waals surface area contributed by atoms with E-state index in [4.69, 9.17) is 0 Å². The largest absolute Gasteiger partial charge is 0.508 e. The zero-order chi connectivity index (χ0) is 19.6. The van der Waals surface area contributed by atoms with Crippen LogP contribution in [0.1, 0.15) is 102 Å². The van der Waals surface area contributed by atoms with Gasteiger partial charge in [0.05, 0.1) is 0 Å². The fourth-order valence-corrected chi connectivity index (χ4v) is 3.50. The number of nitrogens with one attached hydrogen (secondary N) is 1.